The summed E-state index contributed by atoms with van der Waals surface area (Å²) < 4.78 is 21.1. The zero-order valence-corrected chi connectivity index (χ0v) is 18.1. The second kappa shape index (κ2) is 9.99. The van der Waals surface area contributed by atoms with Gasteiger partial charge in [0.15, 0.2) is 11.5 Å². The third kappa shape index (κ3) is 4.64. The van der Waals surface area contributed by atoms with Gasteiger partial charge in [-0.2, -0.15) is 0 Å². The molecule has 3 rings (SSSR count). The smallest absolute Gasteiger partial charge is 0.278 e. The summed E-state index contributed by atoms with van der Waals surface area (Å²) in [5.74, 6) is 0.956. The maximum absolute atomic E-state index is 13.1. The molecule has 0 saturated carbocycles. The lowest BCUT2D eigenvalue weighted by atomic mass is 10.0. The molecular formula is C23H26N2O6. The number of imide groups is 1. The predicted octanol–water partition coefficient (Wildman–Crippen LogP) is 2.94. The van der Waals surface area contributed by atoms with Crippen molar-refractivity contribution in [2.45, 2.75) is 6.92 Å². The Labute approximate surface area is 181 Å². The number of nitrogens with zero attached hydrogens (tertiary/aromatic N) is 1. The Hall–Kier alpha value is -3.52. The van der Waals surface area contributed by atoms with Gasteiger partial charge in [-0.05, 0) is 36.8 Å². The van der Waals surface area contributed by atoms with Gasteiger partial charge in [0.05, 0.1) is 39.6 Å². The highest BCUT2D eigenvalue weighted by Crippen LogP contribution is 2.34. The molecule has 2 aromatic rings. The minimum Gasteiger partial charge on any atom is -0.494 e. The molecular weight excluding hydrogens is 400 g/mol. The van der Waals surface area contributed by atoms with Crippen molar-refractivity contribution >= 4 is 23.1 Å². The van der Waals surface area contributed by atoms with Crippen LogP contribution in [0.4, 0.5) is 5.69 Å². The molecule has 8 heteroatoms. The number of ether oxygens (including phenoxy) is 4. The van der Waals surface area contributed by atoms with Crippen LogP contribution in [0.25, 0.3) is 5.57 Å². The van der Waals surface area contributed by atoms with E-state index in [1.165, 1.54) is 19.1 Å². The average molecular weight is 426 g/mol. The summed E-state index contributed by atoms with van der Waals surface area (Å²) in [6, 6.07) is 12.3. The minimum atomic E-state index is -0.416. The van der Waals surface area contributed by atoms with Gasteiger partial charge in [0.2, 0.25) is 0 Å². The quantitative estimate of drug-likeness (QED) is 0.585. The van der Waals surface area contributed by atoms with Crippen LogP contribution in [0.3, 0.4) is 0 Å². The molecule has 0 saturated heterocycles. The van der Waals surface area contributed by atoms with Crippen molar-refractivity contribution in [3.05, 3.63) is 53.7 Å². The number of hydrogen-bond acceptors (Lipinski definition) is 7. The van der Waals surface area contributed by atoms with E-state index in [-0.39, 0.29) is 24.8 Å². The zero-order valence-electron chi connectivity index (χ0n) is 18.1. The van der Waals surface area contributed by atoms with E-state index < -0.39 is 5.91 Å². The molecule has 164 valence electrons. The Kier molecular flexibility index (Phi) is 7.15. The van der Waals surface area contributed by atoms with Gasteiger partial charge in [-0.3, -0.25) is 14.5 Å². The first-order valence-corrected chi connectivity index (χ1v) is 9.85. The summed E-state index contributed by atoms with van der Waals surface area (Å²) in [5.41, 5.74) is 1.69. The Morgan fingerprint density at radius 1 is 0.903 bits per heavy atom. The summed E-state index contributed by atoms with van der Waals surface area (Å²) in [5, 5.41) is 3.10. The number of nitrogens with one attached hydrogen (secondary N) is 1. The fraction of sp³-hybridized carbons (Fsp3) is 0.304. The highest BCUT2D eigenvalue weighted by molar-refractivity contribution is 6.36. The Bertz CT molecular complexity index is 984. The van der Waals surface area contributed by atoms with Crippen LogP contribution in [0.2, 0.25) is 0 Å². The van der Waals surface area contributed by atoms with Crippen molar-refractivity contribution in [3.8, 4) is 17.2 Å². The van der Waals surface area contributed by atoms with Crippen molar-refractivity contribution in [3.63, 3.8) is 0 Å². The minimum absolute atomic E-state index is 0.159. The van der Waals surface area contributed by atoms with Gasteiger partial charge >= 0.3 is 0 Å². The Morgan fingerprint density at radius 2 is 1.61 bits per heavy atom. The molecule has 31 heavy (non-hydrogen) atoms. The van der Waals surface area contributed by atoms with E-state index in [1.807, 2.05) is 6.92 Å². The lowest BCUT2D eigenvalue weighted by Gasteiger charge is -2.15. The van der Waals surface area contributed by atoms with Gasteiger partial charge in [-0.1, -0.05) is 12.1 Å². The number of benzene rings is 2. The van der Waals surface area contributed by atoms with Crippen LogP contribution in [0.15, 0.2) is 48.2 Å². The number of hydrogen-bond donors (Lipinski definition) is 1. The van der Waals surface area contributed by atoms with Gasteiger partial charge < -0.3 is 24.3 Å². The van der Waals surface area contributed by atoms with Crippen LogP contribution in [0.5, 0.6) is 17.2 Å². The largest absolute Gasteiger partial charge is 0.494 e. The molecule has 8 nitrogen and oxygen atoms in total. The predicted molar refractivity (Wildman–Crippen MR) is 116 cm³/mol. The molecule has 0 bridgehead atoms. The van der Waals surface area contributed by atoms with Crippen LogP contribution in [-0.4, -0.2) is 57.8 Å². The topological polar surface area (TPSA) is 86.3 Å². The van der Waals surface area contributed by atoms with E-state index in [4.69, 9.17) is 18.9 Å². The fourth-order valence-corrected chi connectivity index (χ4v) is 3.29. The second-order valence-corrected chi connectivity index (χ2v) is 6.66. The van der Waals surface area contributed by atoms with E-state index in [2.05, 4.69) is 5.32 Å². The molecule has 0 unspecified atom stereocenters. The molecule has 0 aromatic heterocycles. The van der Waals surface area contributed by atoms with Gasteiger partial charge in [0.1, 0.15) is 11.4 Å². The lowest BCUT2D eigenvalue weighted by molar-refractivity contribution is -0.137. The highest BCUT2D eigenvalue weighted by atomic mass is 16.5. The van der Waals surface area contributed by atoms with E-state index in [0.717, 1.165) is 0 Å². The average Bonchev–Trinajstić information content (AvgIpc) is 3.02. The molecule has 1 N–H and O–H groups in total. The van der Waals surface area contributed by atoms with Crippen molar-refractivity contribution in [1.29, 1.82) is 0 Å². The standard InChI is InChI=1S/C23H26N2O6/c1-5-31-17-9-6-15(7-10-17)20-21(23(27)25(22(20)26)12-13-28-2)24-16-8-11-18(29-3)19(14-16)30-4/h6-11,14,24H,5,12-13H2,1-4H3. The van der Waals surface area contributed by atoms with Crippen molar-refractivity contribution in [2.75, 3.05) is 46.4 Å². The molecule has 0 spiro atoms. The summed E-state index contributed by atoms with van der Waals surface area (Å²) in [7, 11) is 4.60. The molecule has 1 heterocycles. The number of amides is 2. The molecule has 0 fully saturated rings. The molecule has 1 aliphatic heterocycles. The van der Waals surface area contributed by atoms with Crippen LogP contribution in [0, 0.1) is 0 Å². The van der Waals surface area contributed by atoms with Crippen LogP contribution in [-0.2, 0) is 14.3 Å². The molecule has 0 radical (unpaired) electrons. The SMILES string of the molecule is CCOc1ccc(C2=C(Nc3ccc(OC)c(OC)c3)C(=O)N(CCOC)C2=O)cc1. The summed E-state index contributed by atoms with van der Waals surface area (Å²) in [6.07, 6.45) is 0. The number of rotatable bonds is 10. The maximum Gasteiger partial charge on any atom is 0.278 e. The highest BCUT2D eigenvalue weighted by Gasteiger charge is 2.39. The molecule has 0 aliphatic carbocycles. The van der Waals surface area contributed by atoms with Crippen LogP contribution < -0.4 is 19.5 Å². The fourth-order valence-electron chi connectivity index (χ4n) is 3.29. The molecule has 2 amide bonds. The van der Waals surface area contributed by atoms with Crippen LogP contribution >= 0.6 is 0 Å². The number of carbonyl (C=O) groups is 2. The maximum atomic E-state index is 13.1. The zero-order chi connectivity index (χ0) is 22.4. The summed E-state index contributed by atoms with van der Waals surface area (Å²) >= 11 is 0. The first-order valence-electron chi connectivity index (χ1n) is 9.85. The second-order valence-electron chi connectivity index (χ2n) is 6.66. The van der Waals surface area contributed by atoms with E-state index in [1.54, 1.807) is 49.6 Å². The van der Waals surface area contributed by atoms with Crippen molar-refractivity contribution < 1.29 is 28.5 Å². The monoisotopic (exact) mass is 426 g/mol. The molecule has 0 atom stereocenters. The van der Waals surface area contributed by atoms with Crippen molar-refractivity contribution in [1.82, 2.24) is 4.90 Å². The lowest BCUT2D eigenvalue weighted by Crippen LogP contribution is -2.35. The summed E-state index contributed by atoms with van der Waals surface area (Å²) in [4.78, 5) is 27.4. The van der Waals surface area contributed by atoms with Gasteiger partial charge in [-0.25, -0.2) is 0 Å². The van der Waals surface area contributed by atoms with Crippen molar-refractivity contribution in [2.24, 2.45) is 0 Å². The third-order valence-electron chi connectivity index (χ3n) is 4.79. The Morgan fingerprint density at radius 3 is 2.23 bits per heavy atom. The number of anilines is 1. The van der Waals surface area contributed by atoms with E-state index in [0.29, 0.717) is 40.7 Å². The first-order chi connectivity index (χ1) is 15.0. The van der Waals surface area contributed by atoms with Crippen LogP contribution in [0.1, 0.15) is 12.5 Å². The molecule has 2 aromatic carbocycles. The van der Waals surface area contributed by atoms with Gasteiger partial charge in [-0.15, -0.1) is 0 Å². The van der Waals surface area contributed by atoms with Gasteiger partial charge in [0.25, 0.3) is 11.8 Å². The summed E-state index contributed by atoms with van der Waals surface area (Å²) in [6.45, 7) is 2.84. The first kappa shape index (κ1) is 22.2. The van der Waals surface area contributed by atoms with Gasteiger partial charge in [0, 0.05) is 18.9 Å². The normalized spacial score (nSPS) is 13.6. The Balaban J connectivity index is 2.01. The number of methoxy groups -OCH3 is 3. The van der Waals surface area contributed by atoms with E-state index in [9.17, 15) is 9.59 Å². The van der Waals surface area contributed by atoms with E-state index >= 15 is 0 Å². The molecule has 1 aliphatic rings. The number of carbonyl (C=O) groups excluding carboxylic acids is 2. The third-order valence-corrected chi connectivity index (χ3v) is 4.79.